The van der Waals surface area contributed by atoms with Crippen LogP contribution in [0.2, 0.25) is 0 Å². The Morgan fingerprint density at radius 2 is 1.90 bits per heavy atom. The molecule has 0 spiro atoms. The van der Waals surface area contributed by atoms with Gasteiger partial charge >= 0.3 is 5.97 Å². The summed E-state index contributed by atoms with van der Waals surface area (Å²) in [5.74, 6) is 0.878. The Balaban J connectivity index is 1.59. The quantitative estimate of drug-likeness (QED) is 0.192. The number of ether oxygens (including phenoxy) is 4. The molecule has 0 aromatic heterocycles. The first-order chi connectivity index (χ1) is 19.3. The molecular formula is C29H30N2O8S. The van der Waals surface area contributed by atoms with E-state index in [1.54, 1.807) is 25.8 Å². The third-order valence-electron chi connectivity index (χ3n) is 7.33. The molecule has 2 aromatic carbocycles. The van der Waals surface area contributed by atoms with Crippen molar-refractivity contribution in [2.24, 2.45) is 0 Å². The van der Waals surface area contributed by atoms with Gasteiger partial charge in [0.15, 0.2) is 17.3 Å². The smallest absolute Gasteiger partial charge is 0.336 e. The third kappa shape index (κ3) is 5.25. The van der Waals surface area contributed by atoms with Gasteiger partial charge in [0.1, 0.15) is 12.4 Å². The Kier molecular flexibility index (Phi) is 8.02. The maximum atomic E-state index is 13.9. The minimum absolute atomic E-state index is 0.0720. The van der Waals surface area contributed by atoms with Crippen molar-refractivity contribution in [3.05, 3.63) is 80.2 Å². The summed E-state index contributed by atoms with van der Waals surface area (Å²) in [6.45, 7) is 3.86. The highest BCUT2D eigenvalue weighted by atomic mass is 32.2. The standard InChI is InChI=1S/C29H30N2O8S/c1-4-40-10-9-37-29(33)26-16(2)30-21-11-18(17-5-7-19(36-3)8-6-17)12-23(32)28(21)27(26)20-13-24-25(39-15-38-24)14-22(20)31(34)35/h5-8,13-14,18,27,30H,4,9-12,15H2,1-3H3. The van der Waals surface area contributed by atoms with E-state index in [2.05, 4.69) is 5.32 Å². The van der Waals surface area contributed by atoms with Crippen molar-refractivity contribution < 1.29 is 33.5 Å². The normalized spacial score (nSPS) is 19.7. The van der Waals surface area contributed by atoms with Crippen molar-refractivity contribution in [3.8, 4) is 17.2 Å². The molecule has 0 saturated heterocycles. The summed E-state index contributed by atoms with van der Waals surface area (Å²) in [7, 11) is 1.60. The number of rotatable bonds is 9. The average Bonchev–Trinajstić information content (AvgIpc) is 3.41. The van der Waals surface area contributed by atoms with Crippen LogP contribution in [-0.4, -0.2) is 48.7 Å². The van der Waals surface area contributed by atoms with Gasteiger partial charge in [-0.05, 0) is 48.8 Å². The number of nitro groups is 1. The van der Waals surface area contributed by atoms with Crippen LogP contribution in [0.1, 0.15) is 49.7 Å². The number of fused-ring (bicyclic) bond motifs is 1. The van der Waals surface area contributed by atoms with Gasteiger partial charge in [-0.1, -0.05) is 19.1 Å². The van der Waals surface area contributed by atoms with Crippen molar-refractivity contribution in [1.82, 2.24) is 5.32 Å². The molecule has 0 amide bonds. The summed E-state index contributed by atoms with van der Waals surface area (Å²) in [6.07, 6.45) is 0.686. The molecule has 11 heteroatoms. The van der Waals surface area contributed by atoms with Gasteiger partial charge in [0.25, 0.3) is 5.69 Å². The van der Waals surface area contributed by atoms with Crippen molar-refractivity contribution in [3.63, 3.8) is 0 Å². The lowest BCUT2D eigenvalue weighted by Gasteiger charge is -2.36. The molecule has 0 saturated carbocycles. The van der Waals surface area contributed by atoms with Crippen molar-refractivity contribution in [2.45, 2.75) is 38.5 Å². The molecule has 2 aliphatic heterocycles. The number of nitrogens with zero attached hydrogens (tertiary/aromatic N) is 1. The fourth-order valence-electron chi connectivity index (χ4n) is 5.48. The van der Waals surface area contributed by atoms with E-state index >= 15 is 0 Å². The van der Waals surface area contributed by atoms with Crippen molar-refractivity contribution in [2.75, 3.05) is 32.0 Å². The van der Waals surface area contributed by atoms with Crippen LogP contribution < -0.4 is 19.5 Å². The number of carbonyl (C=O) groups excluding carboxylic acids is 2. The van der Waals surface area contributed by atoms with Crippen LogP contribution in [-0.2, 0) is 14.3 Å². The Hall–Kier alpha value is -3.99. The molecule has 1 aliphatic carbocycles. The molecule has 0 fully saturated rings. The Labute approximate surface area is 235 Å². The number of nitro benzene ring substituents is 1. The van der Waals surface area contributed by atoms with Gasteiger partial charge in [0.05, 0.1) is 29.6 Å². The number of methoxy groups -OCH3 is 1. The number of hydrogen-bond acceptors (Lipinski definition) is 10. The number of allylic oxidation sites excluding steroid dienone is 3. The first-order valence-corrected chi connectivity index (χ1v) is 14.2. The van der Waals surface area contributed by atoms with Crippen LogP contribution in [0.3, 0.4) is 0 Å². The zero-order valence-corrected chi connectivity index (χ0v) is 23.3. The number of dihydropyridines is 1. The number of benzene rings is 2. The van der Waals surface area contributed by atoms with Gasteiger partial charge in [0.2, 0.25) is 6.79 Å². The molecule has 210 valence electrons. The van der Waals surface area contributed by atoms with E-state index in [-0.39, 0.29) is 54.1 Å². The first-order valence-electron chi connectivity index (χ1n) is 13.0. The van der Waals surface area contributed by atoms with Gasteiger partial charge in [-0.15, -0.1) is 0 Å². The predicted octanol–water partition coefficient (Wildman–Crippen LogP) is 4.99. The number of carbonyl (C=O) groups is 2. The topological polar surface area (TPSA) is 126 Å². The van der Waals surface area contributed by atoms with Gasteiger partial charge < -0.3 is 24.3 Å². The molecule has 3 aliphatic rings. The Morgan fingerprint density at radius 1 is 1.18 bits per heavy atom. The molecule has 5 rings (SSSR count). The highest BCUT2D eigenvalue weighted by molar-refractivity contribution is 7.99. The summed E-state index contributed by atoms with van der Waals surface area (Å²) in [5.41, 5.74) is 2.57. The average molecular weight is 567 g/mol. The Morgan fingerprint density at radius 3 is 2.58 bits per heavy atom. The number of ketones is 1. The fourth-order valence-corrected chi connectivity index (χ4v) is 5.97. The first kappa shape index (κ1) is 27.6. The highest BCUT2D eigenvalue weighted by Gasteiger charge is 2.44. The molecule has 10 nitrogen and oxygen atoms in total. The van der Waals surface area contributed by atoms with E-state index in [1.165, 1.54) is 12.1 Å². The summed E-state index contributed by atoms with van der Waals surface area (Å²) in [4.78, 5) is 39.1. The third-order valence-corrected chi connectivity index (χ3v) is 8.19. The molecular weight excluding hydrogens is 536 g/mol. The lowest BCUT2D eigenvalue weighted by Crippen LogP contribution is -2.36. The largest absolute Gasteiger partial charge is 0.497 e. The maximum absolute atomic E-state index is 13.9. The summed E-state index contributed by atoms with van der Waals surface area (Å²) in [6, 6.07) is 10.4. The molecule has 1 N–H and O–H groups in total. The Bertz CT molecular complexity index is 1420. The van der Waals surface area contributed by atoms with Crippen LogP contribution >= 0.6 is 11.8 Å². The van der Waals surface area contributed by atoms with Crippen LogP contribution in [0.15, 0.2) is 58.9 Å². The predicted molar refractivity (Wildman–Crippen MR) is 149 cm³/mol. The molecule has 2 unspecified atom stereocenters. The SMILES string of the molecule is CCSCCOC(=O)C1=C(C)NC2=C(C(=O)CC(c3ccc(OC)cc3)C2)C1c1cc2c(cc1[N+](=O)[O-])OCO2. The van der Waals surface area contributed by atoms with Crippen LogP contribution in [0.4, 0.5) is 5.69 Å². The second kappa shape index (κ2) is 11.6. The lowest BCUT2D eigenvalue weighted by atomic mass is 9.71. The number of esters is 1. The van der Waals surface area contributed by atoms with Crippen molar-refractivity contribution >= 4 is 29.2 Å². The van der Waals surface area contributed by atoms with E-state index in [0.717, 1.165) is 17.1 Å². The minimum Gasteiger partial charge on any atom is -0.497 e. The second-order valence-corrected chi connectivity index (χ2v) is 11.0. The summed E-state index contributed by atoms with van der Waals surface area (Å²) in [5, 5.41) is 15.5. The van der Waals surface area contributed by atoms with Gasteiger partial charge in [-0.2, -0.15) is 11.8 Å². The molecule has 2 aromatic rings. The second-order valence-electron chi connectivity index (χ2n) is 9.64. The molecule has 2 heterocycles. The van der Waals surface area contributed by atoms with Gasteiger partial charge in [-0.25, -0.2) is 4.79 Å². The monoisotopic (exact) mass is 566 g/mol. The van der Waals surface area contributed by atoms with Gasteiger partial charge in [-0.3, -0.25) is 14.9 Å². The summed E-state index contributed by atoms with van der Waals surface area (Å²) < 4.78 is 21.8. The number of Topliss-reactive ketones (excluding diaryl/α,β-unsaturated/α-hetero) is 1. The number of thioether (sulfide) groups is 1. The molecule has 0 bridgehead atoms. The van der Waals surface area contributed by atoms with E-state index < -0.39 is 16.8 Å². The highest BCUT2D eigenvalue weighted by Crippen LogP contribution is 2.50. The fraction of sp³-hybridized carbons (Fsp3) is 0.379. The van der Waals surface area contributed by atoms with E-state index in [1.807, 2.05) is 31.2 Å². The van der Waals surface area contributed by atoms with Crippen molar-refractivity contribution in [1.29, 1.82) is 0 Å². The lowest BCUT2D eigenvalue weighted by molar-refractivity contribution is -0.385. The van der Waals surface area contributed by atoms with E-state index in [9.17, 15) is 19.7 Å². The molecule has 40 heavy (non-hydrogen) atoms. The molecule has 2 atom stereocenters. The van der Waals surface area contributed by atoms with Crippen LogP contribution in [0, 0.1) is 10.1 Å². The minimum atomic E-state index is -0.998. The van der Waals surface area contributed by atoms with Gasteiger partial charge in [0, 0.05) is 34.7 Å². The van der Waals surface area contributed by atoms with Crippen LogP contribution in [0.25, 0.3) is 0 Å². The maximum Gasteiger partial charge on any atom is 0.336 e. The summed E-state index contributed by atoms with van der Waals surface area (Å²) >= 11 is 1.63. The number of hydrogen-bond donors (Lipinski definition) is 1. The van der Waals surface area contributed by atoms with E-state index in [0.29, 0.717) is 34.9 Å². The zero-order chi connectivity index (χ0) is 28.4. The van der Waals surface area contributed by atoms with Crippen LogP contribution in [0.5, 0.6) is 17.2 Å². The number of nitrogens with one attached hydrogen (secondary N) is 1. The zero-order valence-electron chi connectivity index (χ0n) is 22.5. The van der Waals surface area contributed by atoms with E-state index in [4.69, 9.17) is 18.9 Å². The molecule has 0 radical (unpaired) electrons.